The van der Waals surface area contributed by atoms with Crippen molar-refractivity contribution in [1.82, 2.24) is 4.90 Å². The number of nitrogens with zero attached hydrogens (tertiary/aromatic N) is 1. The maximum Gasteiger partial charge on any atom is 0.230 e. The van der Waals surface area contributed by atoms with Crippen molar-refractivity contribution < 1.29 is 4.79 Å². The molecule has 0 saturated heterocycles. The van der Waals surface area contributed by atoms with Crippen molar-refractivity contribution in [2.45, 2.75) is 39.2 Å². The van der Waals surface area contributed by atoms with Gasteiger partial charge in [0.1, 0.15) is 0 Å². The van der Waals surface area contributed by atoms with E-state index in [9.17, 15) is 4.79 Å². The molecule has 0 aromatic heterocycles. The fourth-order valence-corrected chi connectivity index (χ4v) is 3.42. The molecule has 1 saturated carbocycles. The average Bonchev–Trinajstić information content (AvgIpc) is 2.48. The molecule has 2 rings (SSSR count). The molecule has 2 N–H and O–H groups in total. The molecule has 0 atom stereocenters. The Morgan fingerprint density at radius 3 is 2.67 bits per heavy atom. The van der Waals surface area contributed by atoms with E-state index in [1.807, 2.05) is 31.3 Å². The Morgan fingerprint density at radius 2 is 2.10 bits per heavy atom. The summed E-state index contributed by atoms with van der Waals surface area (Å²) >= 11 is 6.00. The number of hydrogen-bond acceptors (Lipinski definition) is 2. The van der Waals surface area contributed by atoms with Gasteiger partial charge in [-0.2, -0.15) is 0 Å². The van der Waals surface area contributed by atoms with Crippen LogP contribution >= 0.6 is 11.6 Å². The second kappa shape index (κ2) is 6.80. The van der Waals surface area contributed by atoms with Gasteiger partial charge in [-0.15, -0.1) is 0 Å². The summed E-state index contributed by atoms with van der Waals surface area (Å²) in [6, 6.07) is 7.66. The van der Waals surface area contributed by atoms with E-state index in [4.69, 9.17) is 17.3 Å². The lowest BCUT2D eigenvalue weighted by Crippen LogP contribution is -2.48. The number of carbonyl (C=O) groups is 1. The molecule has 0 unspecified atom stereocenters. The van der Waals surface area contributed by atoms with Crippen molar-refractivity contribution in [3.63, 3.8) is 0 Å². The van der Waals surface area contributed by atoms with Crippen molar-refractivity contribution in [3.8, 4) is 0 Å². The molecule has 3 nitrogen and oxygen atoms in total. The zero-order chi connectivity index (χ0) is 15.5. The third kappa shape index (κ3) is 3.78. The van der Waals surface area contributed by atoms with Gasteiger partial charge in [0.15, 0.2) is 0 Å². The molecular weight excluding hydrogens is 284 g/mol. The fourth-order valence-electron chi connectivity index (χ4n) is 3.21. The molecule has 1 aromatic rings. The van der Waals surface area contributed by atoms with Gasteiger partial charge in [0.2, 0.25) is 5.91 Å². The van der Waals surface area contributed by atoms with Gasteiger partial charge in [-0.3, -0.25) is 4.79 Å². The van der Waals surface area contributed by atoms with Crippen molar-refractivity contribution in [2.75, 3.05) is 13.6 Å². The molecule has 21 heavy (non-hydrogen) atoms. The summed E-state index contributed by atoms with van der Waals surface area (Å²) in [6.07, 6.45) is 3.99. The van der Waals surface area contributed by atoms with Crippen LogP contribution in [0.1, 0.15) is 38.2 Å². The second-order valence-corrected chi connectivity index (χ2v) is 6.89. The standard InChI is InChI=1S/C17H25ClN2O/c1-13-6-8-17(12-19,9-7-13)16(21)20(2)11-14-4-3-5-15(18)10-14/h3-5,10,13H,6-9,11-12,19H2,1-2H3. The number of nitrogens with two attached hydrogens (primary N) is 1. The zero-order valence-electron chi connectivity index (χ0n) is 12.9. The zero-order valence-corrected chi connectivity index (χ0v) is 13.7. The Morgan fingerprint density at radius 1 is 1.43 bits per heavy atom. The average molecular weight is 309 g/mol. The lowest BCUT2D eigenvalue weighted by atomic mass is 9.70. The third-order valence-electron chi connectivity index (χ3n) is 4.73. The highest BCUT2D eigenvalue weighted by atomic mass is 35.5. The van der Waals surface area contributed by atoms with Crippen molar-refractivity contribution >= 4 is 17.5 Å². The predicted octanol–water partition coefficient (Wildman–Crippen LogP) is 3.45. The Kier molecular flexibility index (Phi) is 5.28. The molecule has 1 fully saturated rings. The van der Waals surface area contributed by atoms with Crippen LogP contribution in [0.2, 0.25) is 5.02 Å². The largest absolute Gasteiger partial charge is 0.341 e. The first-order valence-electron chi connectivity index (χ1n) is 7.67. The van der Waals surface area contributed by atoms with Crippen LogP contribution in [0, 0.1) is 11.3 Å². The van der Waals surface area contributed by atoms with Gasteiger partial charge >= 0.3 is 0 Å². The molecule has 0 spiro atoms. The Bertz CT molecular complexity index is 495. The fraction of sp³-hybridized carbons (Fsp3) is 0.588. The van der Waals surface area contributed by atoms with Crippen LogP contribution in [0.4, 0.5) is 0 Å². The summed E-state index contributed by atoms with van der Waals surface area (Å²) in [5.74, 6) is 0.882. The van der Waals surface area contributed by atoms with E-state index in [1.54, 1.807) is 4.90 Å². The summed E-state index contributed by atoms with van der Waals surface area (Å²) < 4.78 is 0. The van der Waals surface area contributed by atoms with Gasteiger partial charge in [0.25, 0.3) is 0 Å². The highest BCUT2D eigenvalue weighted by molar-refractivity contribution is 6.30. The van der Waals surface area contributed by atoms with Gasteiger partial charge in [0, 0.05) is 25.2 Å². The van der Waals surface area contributed by atoms with Crippen LogP contribution in [0.15, 0.2) is 24.3 Å². The van der Waals surface area contributed by atoms with Crippen LogP contribution in [-0.2, 0) is 11.3 Å². The number of amides is 1. The minimum Gasteiger partial charge on any atom is -0.341 e. The lowest BCUT2D eigenvalue weighted by molar-refractivity contribution is -0.143. The molecule has 0 aliphatic heterocycles. The van der Waals surface area contributed by atoms with E-state index in [-0.39, 0.29) is 11.3 Å². The van der Waals surface area contributed by atoms with E-state index in [1.165, 1.54) is 0 Å². The molecule has 4 heteroatoms. The first-order chi connectivity index (χ1) is 9.97. The second-order valence-electron chi connectivity index (χ2n) is 6.46. The van der Waals surface area contributed by atoms with Gasteiger partial charge in [-0.1, -0.05) is 30.7 Å². The minimum atomic E-state index is -0.361. The minimum absolute atomic E-state index is 0.178. The number of carbonyl (C=O) groups excluding carboxylic acids is 1. The summed E-state index contributed by atoms with van der Waals surface area (Å²) in [5.41, 5.74) is 6.66. The smallest absolute Gasteiger partial charge is 0.230 e. The van der Waals surface area contributed by atoms with E-state index in [0.717, 1.165) is 31.2 Å². The number of hydrogen-bond donors (Lipinski definition) is 1. The first-order valence-corrected chi connectivity index (χ1v) is 8.05. The van der Waals surface area contributed by atoms with Crippen LogP contribution in [-0.4, -0.2) is 24.4 Å². The van der Waals surface area contributed by atoms with E-state index >= 15 is 0 Å². The molecule has 1 aromatic carbocycles. The number of benzene rings is 1. The van der Waals surface area contributed by atoms with Crippen LogP contribution in [0.5, 0.6) is 0 Å². The predicted molar refractivity (Wildman–Crippen MR) is 87.0 cm³/mol. The molecule has 1 amide bonds. The van der Waals surface area contributed by atoms with Crippen LogP contribution < -0.4 is 5.73 Å². The maximum atomic E-state index is 12.9. The lowest BCUT2D eigenvalue weighted by Gasteiger charge is -2.39. The normalized spacial score (nSPS) is 25.6. The van der Waals surface area contributed by atoms with Gasteiger partial charge in [-0.05, 0) is 49.3 Å². The summed E-state index contributed by atoms with van der Waals surface area (Å²) in [7, 11) is 1.86. The molecule has 0 bridgehead atoms. The number of halogens is 1. The van der Waals surface area contributed by atoms with Gasteiger partial charge in [-0.25, -0.2) is 0 Å². The van der Waals surface area contributed by atoms with Crippen molar-refractivity contribution in [2.24, 2.45) is 17.1 Å². The molecule has 0 radical (unpaired) electrons. The van der Waals surface area contributed by atoms with Gasteiger partial charge in [0.05, 0.1) is 5.41 Å². The molecule has 1 aliphatic carbocycles. The van der Waals surface area contributed by atoms with Crippen LogP contribution in [0.25, 0.3) is 0 Å². The topological polar surface area (TPSA) is 46.3 Å². The quantitative estimate of drug-likeness (QED) is 0.926. The van der Waals surface area contributed by atoms with Gasteiger partial charge < -0.3 is 10.6 Å². The molecule has 116 valence electrons. The highest BCUT2D eigenvalue weighted by Gasteiger charge is 2.41. The van der Waals surface area contributed by atoms with E-state index < -0.39 is 0 Å². The van der Waals surface area contributed by atoms with Crippen molar-refractivity contribution in [1.29, 1.82) is 0 Å². The monoisotopic (exact) mass is 308 g/mol. The Labute approximate surface area is 132 Å². The SMILES string of the molecule is CC1CCC(CN)(C(=O)N(C)Cc2cccc(Cl)c2)CC1. The van der Waals surface area contributed by atoms with E-state index in [2.05, 4.69) is 6.92 Å². The Balaban J connectivity index is 2.07. The third-order valence-corrected chi connectivity index (χ3v) is 4.97. The maximum absolute atomic E-state index is 12.9. The van der Waals surface area contributed by atoms with E-state index in [0.29, 0.717) is 24.0 Å². The summed E-state index contributed by atoms with van der Waals surface area (Å²) in [6.45, 7) is 3.27. The van der Waals surface area contributed by atoms with Crippen LogP contribution in [0.3, 0.4) is 0 Å². The molecule has 1 aliphatic rings. The molecule has 0 heterocycles. The van der Waals surface area contributed by atoms with Crippen molar-refractivity contribution in [3.05, 3.63) is 34.9 Å². The summed E-state index contributed by atoms with van der Waals surface area (Å²) in [5, 5.41) is 0.702. The summed E-state index contributed by atoms with van der Waals surface area (Å²) in [4.78, 5) is 14.7. The highest BCUT2D eigenvalue weighted by Crippen LogP contribution is 2.39. The first kappa shape index (κ1) is 16.3. The Hall–Kier alpha value is -1.06. The molecular formula is C17H25ClN2O. The number of rotatable bonds is 4.